The molecule has 0 amide bonds. The van der Waals surface area contributed by atoms with Crippen molar-refractivity contribution in [2.45, 2.75) is 12.5 Å². The Bertz CT molecular complexity index is 576. The number of para-hydroxylation sites is 2. The SMILES string of the molecule is O=C(O)CC(C(=O)O)n1cnc2ccccc21. The fraction of sp³-hybridized carbons (Fsp3) is 0.182. The maximum atomic E-state index is 11.1. The third-order valence-electron chi connectivity index (χ3n) is 2.47. The lowest BCUT2D eigenvalue weighted by Gasteiger charge is -2.12. The summed E-state index contributed by atoms with van der Waals surface area (Å²) in [5.74, 6) is -2.34. The van der Waals surface area contributed by atoms with Crippen molar-refractivity contribution in [1.82, 2.24) is 9.55 Å². The minimum atomic E-state index is -1.18. The molecule has 0 aliphatic heterocycles. The zero-order chi connectivity index (χ0) is 12.4. The molecular formula is C11H10N2O4. The molecule has 17 heavy (non-hydrogen) atoms. The molecule has 2 rings (SSSR count). The van der Waals surface area contributed by atoms with Crippen molar-refractivity contribution in [2.24, 2.45) is 0 Å². The van der Waals surface area contributed by atoms with E-state index in [-0.39, 0.29) is 0 Å². The van der Waals surface area contributed by atoms with Crippen LogP contribution in [0.4, 0.5) is 0 Å². The number of aliphatic carboxylic acids is 2. The predicted molar refractivity (Wildman–Crippen MR) is 58.7 cm³/mol. The largest absolute Gasteiger partial charge is 0.481 e. The minimum Gasteiger partial charge on any atom is -0.481 e. The van der Waals surface area contributed by atoms with Gasteiger partial charge in [-0.1, -0.05) is 12.1 Å². The highest BCUT2D eigenvalue weighted by molar-refractivity contribution is 5.83. The van der Waals surface area contributed by atoms with E-state index in [4.69, 9.17) is 10.2 Å². The highest BCUT2D eigenvalue weighted by atomic mass is 16.4. The average molecular weight is 234 g/mol. The number of aromatic nitrogens is 2. The van der Waals surface area contributed by atoms with Gasteiger partial charge in [0.1, 0.15) is 6.04 Å². The molecule has 6 nitrogen and oxygen atoms in total. The molecule has 1 aromatic heterocycles. The molecule has 1 atom stereocenters. The first kappa shape index (κ1) is 11.1. The second kappa shape index (κ2) is 4.25. The van der Waals surface area contributed by atoms with E-state index in [1.165, 1.54) is 10.9 Å². The normalized spacial score (nSPS) is 12.5. The van der Waals surface area contributed by atoms with Gasteiger partial charge in [-0.05, 0) is 12.1 Å². The van der Waals surface area contributed by atoms with Gasteiger partial charge in [-0.25, -0.2) is 9.78 Å². The average Bonchev–Trinajstić information content (AvgIpc) is 2.69. The molecule has 1 unspecified atom stereocenters. The summed E-state index contributed by atoms with van der Waals surface area (Å²) in [6, 6.07) is 5.85. The van der Waals surface area contributed by atoms with Crippen LogP contribution in [0.3, 0.4) is 0 Å². The van der Waals surface area contributed by atoms with Gasteiger partial charge in [0.05, 0.1) is 23.8 Å². The third kappa shape index (κ3) is 2.10. The van der Waals surface area contributed by atoms with Crippen molar-refractivity contribution < 1.29 is 19.8 Å². The van der Waals surface area contributed by atoms with Crippen LogP contribution in [0.5, 0.6) is 0 Å². The van der Waals surface area contributed by atoms with Crippen LogP contribution in [0.25, 0.3) is 11.0 Å². The van der Waals surface area contributed by atoms with E-state index < -0.39 is 24.4 Å². The van der Waals surface area contributed by atoms with Gasteiger partial charge >= 0.3 is 11.9 Å². The van der Waals surface area contributed by atoms with Crippen molar-refractivity contribution in [3.05, 3.63) is 30.6 Å². The van der Waals surface area contributed by atoms with E-state index in [0.717, 1.165) is 0 Å². The Morgan fingerprint density at radius 2 is 2.00 bits per heavy atom. The van der Waals surface area contributed by atoms with Crippen LogP contribution in [0.15, 0.2) is 30.6 Å². The molecule has 0 spiro atoms. The van der Waals surface area contributed by atoms with Gasteiger partial charge in [0.2, 0.25) is 0 Å². The number of hydrogen-bond donors (Lipinski definition) is 2. The monoisotopic (exact) mass is 234 g/mol. The lowest BCUT2D eigenvalue weighted by atomic mass is 10.2. The smallest absolute Gasteiger partial charge is 0.327 e. The molecule has 2 aromatic rings. The highest BCUT2D eigenvalue weighted by Crippen LogP contribution is 2.20. The molecule has 6 heteroatoms. The van der Waals surface area contributed by atoms with Crippen molar-refractivity contribution >= 4 is 23.0 Å². The molecule has 0 saturated carbocycles. The van der Waals surface area contributed by atoms with Gasteiger partial charge in [0.25, 0.3) is 0 Å². The van der Waals surface area contributed by atoms with Gasteiger partial charge in [-0.3, -0.25) is 4.79 Å². The molecule has 88 valence electrons. The van der Waals surface area contributed by atoms with E-state index in [0.29, 0.717) is 11.0 Å². The van der Waals surface area contributed by atoms with Crippen LogP contribution < -0.4 is 0 Å². The number of carbonyl (C=O) groups is 2. The van der Waals surface area contributed by atoms with Crippen molar-refractivity contribution in [3.63, 3.8) is 0 Å². The molecule has 0 saturated heterocycles. The number of carboxylic acid groups (broad SMARTS) is 2. The molecule has 1 heterocycles. The molecule has 2 N–H and O–H groups in total. The van der Waals surface area contributed by atoms with Crippen molar-refractivity contribution in [1.29, 1.82) is 0 Å². The molecule has 1 aromatic carbocycles. The van der Waals surface area contributed by atoms with E-state index in [2.05, 4.69) is 4.98 Å². The molecule has 0 aliphatic rings. The Hall–Kier alpha value is -2.37. The number of rotatable bonds is 4. The molecule has 0 radical (unpaired) electrons. The lowest BCUT2D eigenvalue weighted by molar-refractivity contribution is -0.147. The van der Waals surface area contributed by atoms with Crippen LogP contribution in [0, 0.1) is 0 Å². The minimum absolute atomic E-state index is 0.477. The first-order chi connectivity index (χ1) is 8.09. The summed E-state index contributed by atoms with van der Waals surface area (Å²) in [6.07, 6.45) is 0.877. The van der Waals surface area contributed by atoms with Crippen molar-refractivity contribution in [3.8, 4) is 0 Å². The lowest BCUT2D eigenvalue weighted by Crippen LogP contribution is -2.21. The highest BCUT2D eigenvalue weighted by Gasteiger charge is 2.24. The zero-order valence-corrected chi connectivity index (χ0v) is 8.78. The summed E-state index contributed by atoms with van der Waals surface area (Å²) in [5.41, 5.74) is 1.25. The van der Waals surface area contributed by atoms with Crippen LogP contribution in [0.1, 0.15) is 12.5 Å². The van der Waals surface area contributed by atoms with Crippen LogP contribution >= 0.6 is 0 Å². The fourth-order valence-electron chi connectivity index (χ4n) is 1.70. The molecular weight excluding hydrogens is 224 g/mol. The quantitative estimate of drug-likeness (QED) is 0.827. The summed E-state index contributed by atoms with van der Waals surface area (Å²) in [5, 5.41) is 17.7. The number of hydrogen-bond acceptors (Lipinski definition) is 3. The second-order valence-corrected chi connectivity index (χ2v) is 3.59. The molecule has 0 aliphatic carbocycles. The Morgan fingerprint density at radius 1 is 1.29 bits per heavy atom. The third-order valence-corrected chi connectivity index (χ3v) is 2.47. The van der Waals surface area contributed by atoms with E-state index in [1.54, 1.807) is 24.3 Å². The maximum Gasteiger partial charge on any atom is 0.327 e. The summed E-state index contributed by atoms with van der Waals surface area (Å²) in [7, 11) is 0. The molecule has 0 bridgehead atoms. The number of carboxylic acids is 2. The maximum absolute atomic E-state index is 11.1. The fourth-order valence-corrected chi connectivity index (χ4v) is 1.70. The predicted octanol–water partition coefficient (Wildman–Crippen LogP) is 1.14. The number of benzene rings is 1. The Labute approximate surface area is 96.1 Å². The van der Waals surface area contributed by atoms with E-state index in [1.807, 2.05) is 0 Å². The first-order valence-corrected chi connectivity index (χ1v) is 4.96. The van der Waals surface area contributed by atoms with Crippen molar-refractivity contribution in [2.75, 3.05) is 0 Å². The standard InChI is InChI=1S/C11H10N2O4/c14-10(15)5-9(11(16)17)13-6-12-7-3-1-2-4-8(7)13/h1-4,6,9H,5H2,(H,14,15)(H,16,17). The zero-order valence-electron chi connectivity index (χ0n) is 8.78. The Kier molecular flexibility index (Phi) is 2.78. The van der Waals surface area contributed by atoms with Crippen LogP contribution in [-0.4, -0.2) is 31.7 Å². The van der Waals surface area contributed by atoms with E-state index in [9.17, 15) is 9.59 Å². The summed E-state index contributed by atoms with van der Waals surface area (Å²) < 4.78 is 1.37. The Balaban J connectivity index is 2.48. The van der Waals surface area contributed by atoms with Gasteiger partial charge in [-0.2, -0.15) is 0 Å². The summed E-state index contributed by atoms with van der Waals surface area (Å²) >= 11 is 0. The van der Waals surface area contributed by atoms with Gasteiger partial charge < -0.3 is 14.8 Å². The number of fused-ring (bicyclic) bond motifs is 1. The van der Waals surface area contributed by atoms with Gasteiger partial charge in [-0.15, -0.1) is 0 Å². The van der Waals surface area contributed by atoms with Gasteiger partial charge in [0, 0.05) is 0 Å². The summed E-state index contributed by atoms with van der Waals surface area (Å²) in [6.45, 7) is 0. The summed E-state index contributed by atoms with van der Waals surface area (Å²) in [4.78, 5) is 25.7. The van der Waals surface area contributed by atoms with Crippen LogP contribution in [0.2, 0.25) is 0 Å². The molecule has 0 fully saturated rings. The van der Waals surface area contributed by atoms with E-state index >= 15 is 0 Å². The number of nitrogens with zero attached hydrogens (tertiary/aromatic N) is 2. The van der Waals surface area contributed by atoms with Crippen LogP contribution in [-0.2, 0) is 9.59 Å². The van der Waals surface area contributed by atoms with Gasteiger partial charge in [0.15, 0.2) is 0 Å². The Morgan fingerprint density at radius 3 is 2.65 bits per heavy atom. The second-order valence-electron chi connectivity index (χ2n) is 3.59. The first-order valence-electron chi connectivity index (χ1n) is 4.96. The topological polar surface area (TPSA) is 92.4 Å². The number of imidazole rings is 1.